The van der Waals surface area contributed by atoms with Crippen LogP contribution in [0.1, 0.15) is 25.8 Å². The molecule has 1 aromatic carbocycles. The standard InChI is InChI=1S/C18H12N2O3S/c1-2-12-5-3-6-13(11-12)19-18(22)15-8-9-16(24-15)20-17(21)14-7-4-10-23-14/h1,3-11H,(H,19,22)(H,20,21). The van der Waals surface area contributed by atoms with Gasteiger partial charge in [-0.1, -0.05) is 12.0 Å². The third-order valence-corrected chi connectivity index (χ3v) is 4.10. The number of thiophene rings is 1. The first-order valence-electron chi connectivity index (χ1n) is 6.98. The molecule has 3 rings (SSSR count). The molecular formula is C18H12N2O3S. The van der Waals surface area contributed by atoms with Gasteiger partial charge in [0.1, 0.15) is 0 Å². The van der Waals surface area contributed by atoms with Gasteiger partial charge in [-0.05, 0) is 42.5 Å². The Labute approximate surface area is 142 Å². The van der Waals surface area contributed by atoms with Crippen LogP contribution in [0.3, 0.4) is 0 Å². The average molecular weight is 336 g/mol. The zero-order chi connectivity index (χ0) is 16.9. The Hall–Kier alpha value is -3.30. The molecule has 0 spiro atoms. The summed E-state index contributed by atoms with van der Waals surface area (Å²) in [6.45, 7) is 0. The normalized spacial score (nSPS) is 9.96. The fraction of sp³-hybridized carbons (Fsp3) is 0. The summed E-state index contributed by atoms with van der Waals surface area (Å²) in [5, 5.41) is 6.01. The molecule has 118 valence electrons. The van der Waals surface area contributed by atoms with E-state index in [2.05, 4.69) is 16.6 Å². The van der Waals surface area contributed by atoms with Crippen molar-refractivity contribution in [3.63, 3.8) is 0 Å². The molecule has 0 aliphatic heterocycles. The van der Waals surface area contributed by atoms with E-state index in [-0.39, 0.29) is 17.6 Å². The van der Waals surface area contributed by atoms with Gasteiger partial charge in [0.05, 0.1) is 16.1 Å². The van der Waals surface area contributed by atoms with Gasteiger partial charge in [-0.25, -0.2) is 0 Å². The monoisotopic (exact) mass is 336 g/mol. The Kier molecular flexibility index (Phi) is 4.45. The van der Waals surface area contributed by atoms with Crippen molar-refractivity contribution in [2.45, 2.75) is 0 Å². The highest BCUT2D eigenvalue weighted by atomic mass is 32.1. The smallest absolute Gasteiger partial charge is 0.291 e. The SMILES string of the molecule is C#Cc1cccc(NC(=O)c2ccc(NC(=O)c3ccco3)s2)c1. The zero-order valence-corrected chi connectivity index (χ0v) is 13.2. The minimum absolute atomic E-state index is 0.209. The van der Waals surface area contributed by atoms with Gasteiger partial charge in [-0.2, -0.15) is 0 Å². The highest BCUT2D eigenvalue weighted by Gasteiger charge is 2.13. The van der Waals surface area contributed by atoms with Crippen molar-refractivity contribution >= 4 is 33.8 Å². The van der Waals surface area contributed by atoms with E-state index in [1.54, 1.807) is 48.5 Å². The summed E-state index contributed by atoms with van der Waals surface area (Å²) < 4.78 is 5.02. The summed E-state index contributed by atoms with van der Waals surface area (Å²) in [7, 11) is 0. The molecule has 0 bridgehead atoms. The molecule has 5 nitrogen and oxygen atoms in total. The number of carbonyl (C=O) groups excluding carboxylic acids is 2. The van der Waals surface area contributed by atoms with E-state index in [0.29, 0.717) is 21.1 Å². The van der Waals surface area contributed by atoms with E-state index in [1.165, 1.54) is 17.6 Å². The van der Waals surface area contributed by atoms with E-state index in [0.717, 1.165) is 0 Å². The molecule has 3 aromatic rings. The first kappa shape index (κ1) is 15.6. The van der Waals surface area contributed by atoms with Gasteiger partial charge < -0.3 is 15.1 Å². The van der Waals surface area contributed by atoms with Crippen molar-refractivity contribution in [1.29, 1.82) is 0 Å². The quantitative estimate of drug-likeness (QED) is 0.711. The number of benzene rings is 1. The second-order valence-electron chi connectivity index (χ2n) is 4.77. The first-order valence-corrected chi connectivity index (χ1v) is 7.80. The van der Waals surface area contributed by atoms with Crippen LogP contribution in [0.2, 0.25) is 0 Å². The van der Waals surface area contributed by atoms with Crippen LogP contribution in [0.4, 0.5) is 10.7 Å². The van der Waals surface area contributed by atoms with Crippen molar-refractivity contribution in [1.82, 2.24) is 0 Å². The van der Waals surface area contributed by atoms with Gasteiger partial charge in [-0.15, -0.1) is 17.8 Å². The van der Waals surface area contributed by atoms with E-state index in [4.69, 9.17) is 10.8 Å². The maximum atomic E-state index is 12.3. The molecule has 24 heavy (non-hydrogen) atoms. The van der Waals surface area contributed by atoms with Crippen LogP contribution in [0.5, 0.6) is 0 Å². The van der Waals surface area contributed by atoms with E-state index in [1.807, 2.05) is 0 Å². The number of hydrogen-bond acceptors (Lipinski definition) is 4. The largest absolute Gasteiger partial charge is 0.459 e. The lowest BCUT2D eigenvalue weighted by Crippen LogP contribution is -2.10. The second kappa shape index (κ2) is 6.86. The number of carbonyl (C=O) groups is 2. The summed E-state index contributed by atoms with van der Waals surface area (Å²) >= 11 is 1.17. The molecule has 0 unspecified atom stereocenters. The molecule has 2 heterocycles. The molecule has 0 aliphatic carbocycles. The molecule has 2 N–H and O–H groups in total. The van der Waals surface area contributed by atoms with Gasteiger partial charge >= 0.3 is 0 Å². The third-order valence-electron chi connectivity index (χ3n) is 3.10. The predicted octanol–water partition coefficient (Wildman–Crippen LogP) is 3.83. The van der Waals surface area contributed by atoms with Gasteiger partial charge in [0.25, 0.3) is 11.8 Å². The van der Waals surface area contributed by atoms with Crippen molar-refractivity contribution in [2.75, 3.05) is 10.6 Å². The van der Waals surface area contributed by atoms with Crippen LogP contribution in [0.25, 0.3) is 0 Å². The molecule has 2 amide bonds. The number of hydrogen-bond donors (Lipinski definition) is 2. The zero-order valence-electron chi connectivity index (χ0n) is 12.4. The van der Waals surface area contributed by atoms with Crippen molar-refractivity contribution in [3.05, 3.63) is 71.0 Å². The molecule has 0 saturated heterocycles. The van der Waals surface area contributed by atoms with E-state index >= 15 is 0 Å². The molecular weight excluding hydrogens is 324 g/mol. The van der Waals surface area contributed by atoms with Crippen molar-refractivity contribution in [3.8, 4) is 12.3 Å². The minimum Gasteiger partial charge on any atom is -0.459 e. The number of terminal acetylenes is 1. The van der Waals surface area contributed by atoms with Crippen LogP contribution in [0.15, 0.2) is 59.2 Å². The van der Waals surface area contributed by atoms with Gasteiger partial charge in [0.15, 0.2) is 5.76 Å². The summed E-state index contributed by atoms with van der Waals surface area (Å²) in [4.78, 5) is 24.6. The highest BCUT2D eigenvalue weighted by molar-refractivity contribution is 7.18. The summed E-state index contributed by atoms with van der Waals surface area (Å²) in [6, 6.07) is 13.5. The minimum atomic E-state index is -0.365. The van der Waals surface area contributed by atoms with Crippen molar-refractivity contribution < 1.29 is 14.0 Å². The maximum Gasteiger partial charge on any atom is 0.291 e. The van der Waals surface area contributed by atoms with Crippen LogP contribution >= 0.6 is 11.3 Å². The molecule has 2 aromatic heterocycles. The molecule has 0 radical (unpaired) electrons. The van der Waals surface area contributed by atoms with Crippen LogP contribution in [-0.4, -0.2) is 11.8 Å². The summed E-state index contributed by atoms with van der Waals surface area (Å²) in [5.74, 6) is 2.09. The maximum absolute atomic E-state index is 12.3. The fourth-order valence-corrected chi connectivity index (χ4v) is 2.78. The number of anilines is 2. The average Bonchev–Trinajstić information content (AvgIpc) is 3.26. The van der Waals surface area contributed by atoms with Gasteiger partial charge in [0.2, 0.25) is 0 Å². The molecule has 0 fully saturated rings. The predicted molar refractivity (Wildman–Crippen MR) is 93.3 cm³/mol. The molecule has 0 atom stereocenters. The lowest BCUT2D eigenvalue weighted by atomic mass is 10.2. The summed E-state index contributed by atoms with van der Waals surface area (Å²) in [5.41, 5.74) is 1.30. The Bertz CT molecular complexity index is 920. The number of amides is 2. The fourth-order valence-electron chi connectivity index (χ4n) is 1.99. The Morgan fingerprint density at radius 2 is 1.92 bits per heavy atom. The third kappa shape index (κ3) is 3.54. The lowest BCUT2D eigenvalue weighted by Gasteiger charge is -2.04. The number of nitrogens with one attached hydrogen (secondary N) is 2. The Morgan fingerprint density at radius 1 is 1.04 bits per heavy atom. The van der Waals surface area contributed by atoms with Crippen LogP contribution in [0, 0.1) is 12.3 Å². The topological polar surface area (TPSA) is 71.3 Å². The Morgan fingerprint density at radius 3 is 2.67 bits per heavy atom. The van der Waals surface area contributed by atoms with Crippen LogP contribution in [-0.2, 0) is 0 Å². The van der Waals surface area contributed by atoms with Crippen LogP contribution < -0.4 is 10.6 Å². The lowest BCUT2D eigenvalue weighted by molar-refractivity contribution is 0.0995. The summed E-state index contributed by atoms with van der Waals surface area (Å²) in [6.07, 6.45) is 6.77. The number of rotatable bonds is 4. The van der Waals surface area contributed by atoms with E-state index < -0.39 is 0 Å². The van der Waals surface area contributed by atoms with Gasteiger partial charge in [-0.3, -0.25) is 9.59 Å². The molecule has 6 heteroatoms. The first-order chi connectivity index (χ1) is 11.7. The van der Waals surface area contributed by atoms with Gasteiger partial charge in [0, 0.05) is 11.3 Å². The highest BCUT2D eigenvalue weighted by Crippen LogP contribution is 2.24. The second-order valence-corrected chi connectivity index (χ2v) is 5.86. The van der Waals surface area contributed by atoms with Crippen molar-refractivity contribution in [2.24, 2.45) is 0 Å². The van der Waals surface area contributed by atoms with E-state index in [9.17, 15) is 9.59 Å². The number of furan rings is 1. The Balaban J connectivity index is 1.67. The molecule has 0 aliphatic rings. The molecule has 0 saturated carbocycles.